The Morgan fingerprint density at radius 2 is 1.76 bits per heavy atom. The Labute approximate surface area is 207 Å². The summed E-state index contributed by atoms with van der Waals surface area (Å²) in [5, 5.41) is 8.32. The fourth-order valence-electron chi connectivity index (χ4n) is 3.26. The van der Waals surface area contributed by atoms with E-state index in [0.29, 0.717) is 51.9 Å². The molecule has 0 aliphatic heterocycles. The molecule has 3 aromatic carbocycles. The molecule has 6 nitrogen and oxygen atoms in total. The minimum absolute atomic E-state index is 0.346. The number of hydrogen-bond acceptors (Lipinski definition) is 5. The van der Waals surface area contributed by atoms with E-state index in [2.05, 4.69) is 15.6 Å². The smallest absolute Gasteiger partial charge is 0.214 e. The van der Waals surface area contributed by atoms with Gasteiger partial charge in [0.1, 0.15) is 6.61 Å². The number of rotatable bonds is 9. The Balaban J connectivity index is 1.53. The van der Waals surface area contributed by atoms with E-state index in [1.807, 2.05) is 73.7 Å². The van der Waals surface area contributed by atoms with Crippen molar-refractivity contribution in [3.63, 3.8) is 0 Å². The van der Waals surface area contributed by atoms with Crippen molar-refractivity contribution in [1.29, 1.82) is 0 Å². The highest BCUT2D eigenvalue weighted by Gasteiger charge is 2.14. The zero-order valence-electron chi connectivity index (χ0n) is 17.8. The van der Waals surface area contributed by atoms with Gasteiger partial charge in [-0.25, -0.2) is 9.77 Å². The van der Waals surface area contributed by atoms with Crippen molar-refractivity contribution in [2.45, 2.75) is 20.1 Å². The van der Waals surface area contributed by atoms with E-state index in [4.69, 9.17) is 44.9 Å². The third-order valence-electron chi connectivity index (χ3n) is 4.81. The Bertz CT molecular complexity index is 1270. The lowest BCUT2D eigenvalue weighted by Gasteiger charge is -2.16. The summed E-state index contributed by atoms with van der Waals surface area (Å²) < 4.78 is 14.0. The van der Waals surface area contributed by atoms with Crippen LogP contribution in [0.15, 0.2) is 66.7 Å². The van der Waals surface area contributed by atoms with Crippen LogP contribution in [0.2, 0.25) is 10.0 Å². The molecule has 4 rings (SSSR count). The Hall–Kier alpha value is -3.00. The van der Waals surface area contributed by atoms with Gasteiger partial charge >= 0.3 is 0 Å². The minimum Gasteiger partial charge on any atom is -0.490 e. The lowest BCUT2D eigenvalue weighted by molar-refractivity contribution is 0.269. The third kappa shape index (κ3) is 5.68. The zero-order chi connectivity index (χ0) is 23.2. The van der Waals surface area contributed by atoms with Crippen molar-refractivity contribution < 1.29 is 9.47 Å². The molecule has 0 spiro atoms. The lowest BCUT2D eigenvalue weighted by atomic mass is 10.2. The molecular weight excluding hydrogens is 479 g/mol. The summed E-state index contributed by atoms with van der Waals surface area (Å²) in [6, 6.07) is 21.0. The molecule has 0 unspecified atom stereocenters. The highest BCUT2D eigenvalue weighted by Crippen LogP contribution is 2.37. The molecule has 0 aliphatic carbocycles. The van der Waals surface area contributed by atoms with Crippen LogP contribution in [0.25, 0.3) is 11.4 Å². The van der Waals surface area contributed by atoms with Gasteiger partial charge in [0.15, 0.2) is 17.3 Å². The molecule has 0 amide bonds. The monoisotopic (exact) mass is 500 g/mol. The molecule has 1 aromatic heterocycles. The van der Waals surface area contributed by atoms with Crippen LogP contribution in [-0.2, 0) is 13.2 Å². The van der Waals surface area contributed by atoms with Crippen LogP contribution in [0.3, 0.4) is 0 Å². The Morgan fingerprint density at radius 3 is 2.48 bits per heavy atom. The highest BCUT2D eigenvalue weighted by atomic mass is 35.5. The van der Waals surface area contributed by atoms with Gasteiger partial charge in [0.2, 0.25) is 4.77 Å². The van der Waals surface area contributed by atoms with Crippen molar-refractivity contribution >= 4 is 35.4 Å². The van der Waals surface area contributed by atoms with Crippen LogP contribution in [0.4, 0.5) is 0 Å². The summed E-state index contributed by atoms with van der Waals surface area (Å²) >= 11 is 17.9. The van der Waals surface area contributed by atoms with Gasteiger partial charge in [0.25, 0.3) is 0 Å². The van der Waals surface area contributed by atoms with Crippen molar-refractivity contribution in [2.24, 2.45) is 0 Å². The SMILES string of the molecule is CCOc1cc(CNn2c(-c3ccccc3)n[nH]c2=S)cc(Cl)c1OCc1ccc(Cl)cc1. The molecule has 170 valence electrons. The Kier molecular flexibility index (Phi) is 7.54. The molecule has 0 fully saturated rings. The second kappa shape index (κ2) is 10.7. The van der Waals surface area contributed by atoms with Gasteiger partial charge in [-0.2, -0.15) is 5.10 Å². The maximum Gasteiger partial charge on any atom is 0.214 e. The highest BCUT2D eigenvalue weighted by molar-refractivity contribution is 7.71. The number of H-pyrrole nitrogens is 1. The molecular formula is C24H22Cl2N4O2S. The van der Waals surface area contributed by atoms with Crippen LogP contribution in [-0.4, -0.2) is 21.5 Å². The first-order valence-electron chi connectivity index (χ1n) is 10.3. The normalized spacial score (nSPS) is 10.8. The molecule has 0 saturated heterocycles. The van der Waals surface area contributed by atoms with Crippen LogP contribution < -0.4 is 14.9 Å². The van der Waals surface area contributed by atoms with Crippen molar-refractivity contribution in [2.75, 3.05) is 12.0 Å². The van der Waals surface area contributed by atoms with Crippen molar-refractivity contribution in [1.82, 2.24) is 14.9 Å². The fraction of sp³-hybridized carbons (Fsp3) is 0.167. The van der Waals surface area contributed by atoms with Gasteiger partial charge in [0, 0.05) is 10.6 Å². The van der Waals surface area contributed by atoms with Gasteiger partial charge in [-0.3, -0.25) is 0 Å². The molecule has 0 atom stereocenters. The standard InChI is InChI=1S/C24H22Cl2N4O2S/c1-2-31-21-13-17(12-20(26)22(21)32-15-16-8-10-19(25)11-9-16)14-27-30-23(28-29-24(30)33)18-6-4-3-5-7-18/h3-13,27H,2,14-15H2,1H3,(H,29,33). The molecule has 33 heavy (non-hydrogen) atoms. The van der Waals surface area contributed by atoms with Crippen LogP contribution in [0.5, 0.6) is 11.5 Å². The van der Waals surface area contributed by atoms with Gasteiger partial charge in [-0.05, 0) is 54.5 Å². The summed E-state index contributed by atoms with van der Waals surface area (Å²) in [6.07, 6.45) is 0. The van der Waals surface area contributed by atoms with E-state index in [0.717, 1.165) is 16.7 Å². The van der Waals surface area contributed by atoms with Crippen molar-refractivity contribution in [3.8, 4) is 22.9 Å². The zero-order valence-corrected chi connectivity index (χ0v) is 20.2. The van der Waals surface area contributed by atoms with E-state index in [1.165, 1.54) is 0 Å². The predicted molar refractivity (Wildman–Crippen MR) is 134 cm³/mol. The van der Waals surface area contributed by atoms with E-state index < -0.39 is 0 Å². The molecule has 0 aliphatic rings. The first kappa shape index (κ1) is 23.2. The van der Waals surface area contributed by atoms with E-state index >= 15 is 0 Å². The molecule has 0 radical (unpaired) electrons. The first-order valence-corrected chi connectivity index (χ1v) is 11.5. The van der Waals surface area contributed by atoms with Crippen LogP contribution >= 0.6 is 35.4 Å². The number of nitrogens with one attached hydrogen (secondary N) is 2. The summed E-state index contributed by atoms with van der Waals surface area (Å²) in [6.45, 7) is 3.19. The molecule has 0 saturated carbocycles. The predicted octanol–water partition coefficient (Wildman–Crippen LogP) is 6.64. The number of halogens is 2. The lowest BCUT2D eigenvalue weighted by Crippen LogP contribution is -2.16. The summed E-state index contributed by atoms with van der Waals surface area (Å²) in [7, 11) is 0. The molecule has 1 heterocycles. The topological polar surface area (TPSA) is 64.1 Å². The summed E-state index contributed by atoms with van der Waals surface area (Å²) in [5.74, 6) is 1.77. The van der Waals surface area contributed by atoms with Crippen molar-refractivity contribution in [3.05, 3.63) is 92.7 Å². The largest absolute Gasteiger partial charge is 0.490 e. The summed E-state index contributed by atoms with van der Waals surface area (Å²) in [4.78, 5) is 0. The van der Waals surface area contributed by atoms with Gasteiger partial charge in [-0.15, -0.1) is 0 Å². The van der Waals surface area contributed by atoms with Gasteiger partial charge in [-0.1, -0.05) is 65.7 Å². The van der Waals surface area contributed by atoms with Crippen LogP contribution in [0.1, 0.15) is 18.1 Å². The maximum atomic E-state index is 6.58. The van der Waals surface area contributed by atoms with Gasteiger partial charge < -0.3 is 14.9 Å². The van der Waals surface area contributed by atoms with Crippen LogP contribution in [0, 0.1) is 4.77 Å². The number of ether oxygens (including phenoxy) is 2. The average molecular weight is 501 g/mol. The summed E-state index contributed by atoms with van der Waals surface area (Å²) in [5.41, 5.74) is 6.13. The quantitative estimate of drug-likeness (QED) is 0.252. The third-order valence-corrected chi connectivity index (χ3v) is 5.62. The number of aromatic nitrogens is 3. The number of hydrogen-bond donors (Lipinski definition) is 2. The second-order valence-corrected chi connectivity index (χ2v) is 8.37. The molecule has 2 N–H and O–H groups in total. The van der Waals surface area contributed by atoms with Gasteiger partial charge in [0.05, 0.1) is 18.2 Å². The number of nitrogens with zero attached hydrogens (tertiary/aromatic N) is 2. The Morgan fingerprint density at radius 1 is 1.00 bits per heavy atom. The number of benzene rings is 3. The second-order valence-electron chi connectivity index (χ2n) is 7.14. The molecule has 9 heteroatoms. The first-order chi connectivity index (χ1) is 16.0. The van der Waals surface area contributed by atoms with E-state index in [1.54, 1.807) is 4.68 Å². The molecule has 0 bridgehead atoms. The molecule has 4 aromatic rings. The number of aromatic amines is 1. The minimum atomic E-state index is 0.346. The van der Waals surface area contributed by atoms with E-state index in [-0.39, 0.29) is 0 Å². The van der Waals surface area contributed by atoms with E-state index in [9.17, 15) is 0 Å². The average Bonchev–Trinajstić information content (AvgIpc) is 3.19. The maximum absolute atomic E-state index is 6.58. The fourth-order valence-corrected chi connectivity index (χ4v) is 3.87.